The molecule has 1 saturated heterocycles. The molecule has 2 aliphatic rings. The summed E-state index contributed by atoms with van der Waals surface area (Å²) in [4.78, 5) is 23.6. The quantitative estimate of drug-likeness (QED) is 0.402. The van der Waals surface area contributed by atoms with Crippen LogP contribution in [0.4, 0.5) is 10.2 Å². The second-order valence-electron chi connectivity index (χ2n) is 9.78. The summed E-state index contributed by atoms with van der Waals surface area (Å²) in [5, 5.41) is 7.46. The lowest BCUT2D eigenvalue weighted by Crippen LogP contribution is -2.32. The minimum Gasteiger partial charge on any atom is -0.408 e. The summed E-state index contributed by atoms with van der Waals surface area (Å²) in [5.41, 5.74) is 10.6. The molecule has 5 aromatic rings. The smallest absolute Gasteiger partial charge is 0.408 e. The van der Waals surface area contributed by atoms with Crippen molar-refractivity contribution in [2.24, 2.45) is 24.6 Å². The van der Waals surface area contributed by atoms with Crippen LogP contribution in [0.5, 0.6) is 0 Å². The maximum Gasteiger partial charge on any atom is 0.419 e. The fourth-order valence-electron chi connectivity index (χ4n) is 6.26. The van der Waals surface area contributed by atoms with Gasteiger partial charge in [0.05, 0.1) is 11.7 Å². The maximum atomic E-state index is 14.7. The first-order chi connectivity index (χ1) is 17.5. The minimum absolute atomic E-state index is 0.177. The number of rotatable bonds is 4. The molecule has 4 heterocycles. The standard InChI is InChI=1S/C26H24FN7O2/c1-33-19-10-14(6-7-20(19)36-25(33)35)22-23-24(32-31-22)30-21(11-29-23)34-9-8-15-17(12-34)26(15,13-28)16-4-2-3-5-18(16)27/h2-7,10-11,15,17H,8-9,12-13,28H2,1H3,(H,30,31,32)/t15-,17+,26-/m1/s1. The highest BCUT2D eigenvalue weighted by Gasteiger charge is 2.66. The number of aromatic amines is 1. The maximum absolute atomic E-state index is 14.7. The van der Waals surface area contributed by atoms with Crippen molar-refractivity contribution in [3.05, 3.63) is 70.6 Å². The van der Waals surface area contributed by atoms with Crippen molar-refractivity contribution in [3.63, 3.8) is 0 Å². The van der Waals surface area contributed by atoms with Crippen LogP contribution in [-0.2, 0) is 12.5 Å². The molecule has 0 spiro atoms. The number of oxazole rings is 1. The Labute approximate surface area is 204 Å². The Morgan fingerprint density at radius 1 is 1.25 bits per heavy atom. The van der Waals surface area contributed by atoms with E-state index < -0.39 is 5.76 Å². The van der Waals surface area contributed by atoms with Crippen molar-refractivity contribution >= 4 is 28.1 Å². The molecule has 2 fully saturated rings. The molecular formula is C26H24FN7O2. The van der Waals surface area contributed by atoms with Crippen LogP contribution < -0.4 is 16.4 Å². The van der Waals surface area contributed by atoms with Gasteiger partial charge in [0.2, 0.25) is 0 Å². The first kappa shape index (κ1) is 21.3. The van der Waals surface area contributed by atoms with Gasteiger partial charge < -0.3 is 15.1 Å². The second kappa shape index (κ2) is 7.47. The number of aryl methyl sites for hydroxylation is 1. The summed E-state index contributed by atoms with van der Waals surface area (Å²) < 4.78 is 21.4. The molecule has 9 nitrogen and oxygen atoms in total. The number of nitrogens with one attached hydrogen (secondary N) is 1. The Morgan fingerprint density at radius 3 is 2.94 bits per heavy atom. The van der Waals surface area contributed by atoms with Crippen molar-refractivity contribution in [2.75, 3.05) is 24.5 Å². The fourth-order valence-corrected chi connectivity index (χ4v) is 6.26. The van der Waals surface area contributed by atoms with Gasteiger partial charge in [0, 0.05) is 37.7 Å². The van der Waals surface area contributed by atoms with E-state index in [1.54, 1.807) is 25.4 Å². The third-order valence-electron chi connectivity index (χ3n) is 8.19. The second-order valence-corrected chi connectivity index (χ2v) is 9.78. The van der Waals surface area contributed by atoms with Crippen molar-refractivity contribution in [1.29, 1.82) is 0 Å². The normalized spacial score (nSPS) is 23.4. The van der Waals surface area contributed by atoms with Crippen molar-refractivity contribution in [2.45, 2.75) is 11.8 Å². The van der Waals surface area contributed by atoms with Crippen molar-refractivity contribution in [3.8, 4) is 11.3 Å². The van der Waals surface area contributed by atoms with Gasteiger partial charge in [-0.15, -0.1) is 0 Å². The van der Waals surface area contributed by atoms with Gasteiger partial charge in [0.25, 0.3) is 0 Å². The summed E-state index contributed by atoms with van der Waals surface area (Å²) >= 11 is 0. The molecular weight excluding hydrogens is 461 g/mol. The van der Waals surface area contributed by atoms with E-state index in [1.807, 2.05) is 24.3 Å². The molecule has 3 N–H and O–H groups in total. The van der Waals surface area contributed by atoms with Gasteiger partial charge in [0.15, 0.2) is 11.2 Å². The zero-order valence-corrected chi connectivity index (χ0v) is 19.6. The van der Waals surface area contributed by atoms with Gasteiger partial charge in [-0.2, -0.15) is 5.10 Å². The van der Waals surface area contributed by atoms with Gasteiger partial charge in [-0.25, -0.2) is 19.2 Å². The van der Waals surface area contributed by atoms with Crippen LogP contribution in [0.1, 0.15) is 12.0 Å². The van der Waals surface area contributed by atoms with Crippen LogP contribution in [-0.4, -0.2) is 44.4 Å². The van der Waals surface area contributed by atoms with E-state index in [2.05, 4.69) is 15.1 Å². The van der Waals surface area contributed by atoms with Crippen LogP contribution in [0.3, 0.4) is 0 Å². The Kier molecular flexibility index (Phi) is 4.41. The van der Waals surface area contributed by atoms with E-state index in [0.717, 1.165) is 36.5 Å². The lowest BCUT2D eigenvalue weighted by Gasteiger charge is -2.26. The minimum atomic E-state index is -0.411. The SMILES string of the molecule is Cn1c(=O)oc2ccc(-c3n[nH]c4nc(N5CC[C@@H]6[C@H](C5)[C@@]6(CN)c5ccccc5F)cnc34)cc21. The molecule has 0 bridgehead atoms. The summed E-state index contributed by atoms with van der Waals surface area (Å²) in [5.74, 6) is 0.821. The summed E-state index contributed by atoms with van der Waals surface area (Å²) in [7, 11) is 1.67. The summed E-state index contributed by atoms with van der Waals surface area (Å²) in [6, 6.07) is 12.5. The number of anilines is 1. The number of piperidine rings is 1. The Hall–Kier alpha value is -4.05. The van der Waals surface area contributed by atoms with E-state index in [9.17, 15) is 9.18 Å². The number of hydrogen-bond donors (Lipinski definition) is 2. The Bertz CT molecular complexity index is 1710. The monoisotopic (exact) mass is 485 g/mol. The lowest BCUT2D eigenvalue weighted by atomic mass is 9.91. The predicted octanol–water partition coefficient (Wildman–Crippen LogP) is 2.96. The fraction of sp³-hybridized carbons (Fsp3) is 0.308. The highest BCUT2D eigenvalue weighted by atomic mass is 19.1. The number of benzene rings is 2. The van der Waals surface area contributed by atoms with Gasteiger partial charge in [0.1, 0.15) is 22.8 Å². The molecule has 1 aliphatic carbocycles. The number of fused-ring (bicyclic) bond motifs is 3. The summed E-state index contributed by atoms with van der Waals surface area (Å²) in [6.45, 7) is 1.99. The highest BCUT2D eigenvalue weighted by Crippen LogP contribution is 2.63. The molecule has 0 amide bonds. The van der Waals surface area contributed by atoms with Crippen molar-refractivity contribution < 1.29 is 8.81 Å². The van der Waals surface area contributed by atoms with Crippen LogP contribution in [0, 0.1) is 17.7 Å². The molecule has 2 aromatic carbocycles. The van der Waals surface area contributed by atoms with E-state index in [1.165, 1.54) is 10.6 Å². The number of nitrogens with zero attached hydrogens (tertiary/aromatic N) is 5. The van der Waals surface area contributed by atoms with Gasteiger partial charge in [-0.3, -0.25) is 9.67 Å². The van der Waals surface area contributed by atoms with Gasteiger partial charge in [-0.1, -0.05) is 18.2 Å². The Balaban J connectivity index is 1.19. The van der Waals surface area contributed by atoms with Gasteiger partial charge in [-0.05, 0) is 48.1 Å². The number of aromatic nitrogens is 5. The van der Waals surface area contributed by atoms with E-state index in [4.69, 9.17) is 20.1 Å². The first-order valence-electron chi connectivity index (χ1n) is 12.0. The lowest BCUT2D eigenvalue weighted by molar-refractivity contribution is 0.528. The van der Waals surface area contributed by atoms with Gasteiger partial charge >= 0.3 is 5.76 Å². The van der Waals surface area contributed by atoms with Crippen LogP contribution >= 0.6 is 0 Å². The highest BCUT2D eigenvalue weighted by molar-refractivity contribution is 5.90. The average molecular weight is 486 g/mol. The number of halogens is 1. The molecule has 3 aromatic heterocycles. The molecule has 182 valence electrons. The van der Waals surface area contributed by atoms with Crippen LogP contribution in [0.25, 0.3) is 33.5 Å². The first-order valence-corrected chi connectivity index (χ1v) is 12.0. The zero-order valence-electron chi connectivity index (χ0n) is 19.6. The summed E-state index contributed by atoms with van der Waals surface area (Å²) in [6.07, 6.45) is 2.69. The molecule has 36 heavy (non-hydrogen) atoms. The molecule has 0 radical (unpaired) electrons. The molecule has 1 aliphatic heterocycles. The van der Waals surface area contributed by atoms with Crippen LogP contribution in [0.2, 0.25) is 0 Å². The Morgan fingerprint density at radius 2 is 2.11 bits per heavy atom. The largest absolute Gasteiger partial charge is 0.419 e. The van der Waals surface area contributed by atoms with E-state index in [0.29, 0.717) is 40.4 Å². The number of nitrogens with two attached hydrogens (primary N) is 1. The third kappa shape index (κ3) is 2.84. The number of H-pyrrole nitrogens is 1. The molecule has 1 saturated carbocycles. The molecule has 10 heteroatoms. The van der Waals surface area contributed by atoms with Crippen LogP contribution in [0.15, 0.2) is 57.9 Å². The number of hydrogen-bond acceptors (Lipinski definition) is 7. The van der Waals surface area contributed by atoms with E-state index >= 15 is 0 Å². The van der Waals surface area contributed by atoms with E-state index in [-0.39, 0.29) is 17.2 Å². The van der Waals surface area contributed by atoms with Crippen molar-refractivity contribution in [1.82, 2.24) is 24.7 Å². The molecule has 0 unspecified atom stereocenters. The molecule has 3 atom stereocenters. The topological polar surface area (TPSA) is 119 Å². The molecule has 7 rings (SSSR count). The zero-order chi connectivity index (χ0) is 24.6. The predicted molar refractivity (Wildman–Crippen MR) is 133 cm³/mol. The average Bonchev–Trinajstić information content (AvgIpc) is 3.19. The third-order valence-corrected chi connectivity index (χ3v) is 8.19.